The van der Waals surface area contributed by atoms with Gasteiger partial charge in [-0.3, -0.25) is 15.2 Å². The number of nitrogens with zero attached hydrogens (tertiary/aromatic N) is 3. The third kappa shape index (κ3) is 7.75. The van der Waals surface area contributed by atoms with Gasteiger partial charge in [0.25, 0.3) is 0 Å². The summed E-state index contributed by atoms with van der Waals surface area (Å²) >= 11 is 0. The van der Waals surface area contributed by atoms with Crippen molar-refractivity contribution < 1.29 is 36.9 Å². The van der Waals surface area contributed by atoms with E-state index in [-0.39, 0.29) is 24.2 Å². The normalized spacial score (nSPS) is 23.0. The number of aliphatic hydroxyl groups is 2. The van der Waals surface area contributed by atoms with Gasteiger partial charge in [0.05, 0.1) is 24.2 Å². The Morgan fingerprint density at radius 2 is 1.64 bits per heavy atom. The lowest BCUT2D eigenvalue weighted by Crippen LogP contribution is -2.55. The molecule has 3 fully saturated rings. The number of benzene rings is 2. The molecule has 0 radical (unpaired) electrons. The first-order chi connectivity index (χ1) is 21.1. The van der Waals surface area contributed by atoms with Crippen molar-refractivity contribution in [3.8, 4) is 0 Å². The van der Waals surface area contributed by atoms with Crippen LogP contribution in [0.1, 0.15) is 56.6 Å². The van der Waals surface area contributed by atoms with Crippen molar-refractivity contribution in [2.75, 3.05) is 45.3 Å². The lowest BCUT2D eigenvalue weighted by molar-refractivity contribution is -0.0308. The highest BCUT2D eigenvalue weighted by molar-refractivity contribution is 7.91. The van der Waals surface area contributed by atoms with Gasteiger partial charge in [0.2, 0.25) is 0 Å². The predicted molar refractivity (Wildman–Crippen MR) is 159 cm³/mol. The standard InChI is InChI=1S/C31H42F2N4O6S/c32-24-5-1-4-23(20-24)28-8-3-9-29(37(28)22-44(41,42)27-7-2-6-25(33)21-27)31(12-13-31)43-30(40)34-36-14-10-26(11-15-36)35(16-18-38)17-19-39/h1-2,4-7,20-21,26,28-29,38-39H,3,8-19,22H2,(H,34,40)/t28?,29-/m1/s1. The molecule has 2 atom stereocenters. The van der Waals surface area contributed by atoms with Gasteiger partial charge in [0, 0.05) is 38.3 Å². The van der Waals surface area contributed by atoms with Crippen LogP contribution in [0.2, 0.25) is 0 Å². The van der Waals surface area contributed by atoms with Gasteiger partial charge < -0.3 is 14.9 Å². The second kappa shape index (κ2) is 14.2. The molecule has 3 N–H and O–H groups in total. The molecule has 13 heteroatoms. The molecule has 0 spiro atoms. The Labute approximate surface area is 257 Å². The van der Waals surface area contributed by atoms with Gasteiger partial charge in [0.1, 0.15) is 23.1 Å². The zero-order chi connectivity index (χ0) is 31.3. The number of halogens is 2. The Balaban J connectivity index is 1.30. The molecule has 5 rings (SSSR count). The van der Waals surface area contributed by atoms with E-state index in [1.807, 2.05) is 0 Å². The zero-order valence-electron chi connectivity index (χ0n) is 24.8. The van der Waals surface area contributed by atoms with Gasteiger partial charge in [-0.1, -0.05) is 18.2 Å². The van der Waals surface area contributed by atoms with E-state index in [9.17, 15) is 32.2 Å². The summed E-state index contributed by atoms with van der Waals surface area (Å²) in [5.74, 6) is -1.50. The largest absolute Gasteiger partial charge is 0.440 e. The SMILES string of the molecule is O=C(NN1CCC(N(CCO)CCO)CC1)OC1([C@H]2CCCC(c3cccc(F)c3)N2CS(=O)(=O)c2cccc(F)c2)CC1. The van der Waals surface area contributed by atoms with Crippen molar-refractivity contribution >= 4 is 15.9 Å². The van der Waals surface area contributed by atoms with E-state index in [1.165, 1.54) is 30.3 Å². The predicted octanol–water partition coefficient (Wildman–Crippen LogP) is 3.22. The molecule has 44 heavy (non-hydrogen) atoms. The highest BCUT2D eigenvalue weighted by Gasteiger charge is 2.57. The lowest BCUT2D eigenvalue weighted by Gasteiger charge is -2.45. The van der Waals surface area contributed by atoms with Crippen LogP contribution in [0.4, 0.5) is 13.6 Å². The highest BCUT2D eigenvalue weighted by atomic mass is 32.2. The van der Waals surface area contributed by atoms with E-state index in [1.54, 1.807) is 22.0 Å². The van der Waals surface area contributed by atoms with E-state index in [4.69, 9.17) is 4.74 Å². The molecular weight excluding hydrogens is 594 g/mol. The van der Waals surface area contributed by atoms with Gasteiger partial charge in [-0.2, -0.15) is 0 Å². The number of hydrogen-bond donors (Lipinski definition) is 3. The molecule has 1 aliphatic carbocycles. The van der Waals surface area contributed by atoms with Crippen LogP contribution in [-0.4, -0.2) is 102 Å². The fourth-order valence-corrected chi connectivity index (χ4v) is 8.32. The van der Waals surface area contributed by atoms with Gasteiger partial charge in [0.15, 0.2) is 9.84 Å². The second-order valence-corrected chi connectivity index (χ2v) is 14.0. The summed E-state index contributed by atoms with van der Waals surface area (Å²) in [5, 5.41) is 20.5. The van der Waals surface area contributed by atoms with Crippen LogP contribution in [-0.2, 0) is 14.6 Å². The van der Waals surface area contributed by atoms with Crippen molar-refractivity contribution in [2.24, 2.45) is 0 Å². The number of amides is 1. The summed E-state index contributed by atoms with van der Waals surface area (Å²) < 4.78 is 61.5. The van der Waals surface area contributed by atoms with Crippen molar-refractivity contribution in [2.45, 2.75) is 73.6 Å². The fourth-order valence-electron chi connectivity index (χ4n) is 6.84. The minimum atomic E-state index is -3.98. The van der Waals surface area contributed by atoms with Crippen LogP contribution in [0, 0.1) is 11.6 Å². The number of aliphatic hydroxyl groups excluding tert-OH is 2. The van der Waals surface area contributed by atoms with Crippen molar-refractivity contribution in [3.63, 3.8) is 0 Å². The molecule has 2 aliphatic heterocycles. The summed E-state index contributed by atoms with van der Waals surface area (Å²) in [6, 6.07) is 10.3. The number of rotatable bonds is 12. The van der Waals surface area contributed by atoms with Crippen LogP contribution in [0.3, 0.4) is 0 Å². The number of ether oxygens (including phenoxy) is 1. The number of sulfone groups is 1. The topological polar surface area (TPSA) is 123 Å². The number of piperidine rings is 2. The zero-order valence-corrected chi connectivity index (χ0v) is 25.6. The molecule has 2 heterocycles. The molecule has 1 amide bonds. The molecular formula is C31H42F2N4O6S. The molecule has 0 bridgehead atoms. The van der Waals surface area contributed by atoms with Gasteiger partial charge >= 0.3 is 6.09 Å². The molecule has 2 aromatic carbocycles. The number of hydrogen-bond acceptors (Lipinski definition) is 9. The van der Waals surface area contributed by atoms with Crippen molar-refractivity contribution in [1.29, 1.82) is 0 Å². The van der Waals surface area contributed by atoms with E-state index < -0.39 is 51.1 Å². The summed E-state index contributed by atoms with van der Waals surface area (Å²) in [6.07, 6.45) is 3.94. The van der Waals surface area contributed by atoms with Crippen molar-refractivity contribution in [3.05, 3.63) is 65.7 Å². The summed E-state index contributed by atoms with van der Waals surface area (Å²) in [5.41, 5.74) is 2.59. The molecule has 2 saturated heterocycles. The number of hydrazine groups is 1. The molecule has 3 aliphatic rings. The second-order valence-electron chi connectivity index (χ2n) is 12.0. The minimum Gasteiger partial charge on any atom is -0.440 e. The Kier molecular flexibility index (Phi) is 10.5. The third-order valence-electron chi connectivity index (χ3n) is 9.11. The highest BCUT2D eigenvalue weighted by Crippen LogP contribution is 2.51. The average Bonchev–Trinajstić information content (AvgIpc) is 3.77. The van der Waals surface area contributed by atoms with E-state index in [2.05, 4.69) is 10.3 Å². The molecule has 0 aromatic heterocycles. The van der Waals surface area contributed by atoms with Crippen LogP contribution in [0.15, 0.2) is 53.4 Å². The summed E-state index contributed by atoms with van der Waals surface area (Å²) in [7, 11) is -3.98. The van der Waals surface area contributed by atoms with Crippen molar-refractivity contribution in [1.82, 2.24) is 20.2 Å². The monoisotopic (exact) mass is 636 g/mol. The maximum absolute atomic E-state index is 14.3. The minimum absolute atomic E-state index is 0.00860. The Morgan fingerprint density at radius 3 is 2.25 bits per heavy atom. The smallest absolute Gasteiger partial charge is 0.422 e. The average molecular weight is 637 g/mol. The number of nitrogens with one attached hydrogen (secondary N) is 1. The summed E-state index contributed by atoms with van der Waals surface area (Å²) in [6.45, 7) is 2.12. The summed E-state index contributed by atoms with van der Waals surface area (Å²) in [4.78, 5) is 16.9. The van der Waals surface area contributed by atoms with Gasteiger partial charge in [-0.05, 0) is 80.8 Å². The molecule has 1 saturated carbocycles. The fraction of sp³-hybridized carbons (Fsp3) is 0.581. The van der Waals surface area contributed by atoms with Gasteiger partial charge in [-0.15, -0.1) is 0 Å². The quantitative estimate of drug-likeness (QED) is 0.322. The van der Waals surface area contributed by atoms with E-state index in [0.29, 0.717) is 57.4 Å². The number of likely N-dealkylation sites (tertiary alicyclic amines) is 1. The van der Waals surface area contributed by atoms with Gasteiger partial charge in [-0.25, -0.2) is 27.0 Å². The van der Waals surface area contributed by atoms with Crippen LogP contribution in [0.5, 0.6) is 0 Å². The molecule has 242 valence electrons. The maximum Gasteiger partial charge on any atom is 0.422 e. The number of carbonyl (C=O) groups excluding carboxylic acids is 1. The third-order valence-corrected chi connectivity index (χ3v) is 10.7. The first kappa shape index (κ1) is 32.7. The first-order valence-electron chi connectivity index (χ1n) is 15.3. The van der Waals surface area contributed by atoms with Crippen LogP contribution in [0.25, 0.3) is 0 Å². The Morgan fingerprint density at radius 1 is 0.977 bits per heavy atom. The Bertz CT molecular complexity index is 1380. The Hall–Kier alpha value is -2.68. The lowest BCUT2D eigenvalue weighted by atomic mass is 9.88. The molecule has 2 aromatic rings. The first-order valence-corrected chi connectivity index (χ1v) is 17.0. The number of carbonyl (C=O) groups is 1. The molecule has 10 nitrogen and oxygen atoms in total. The van der Waals surface area contributed by atoms with Crippen LogP contribution >= 0.6 is 0 Å². The van der Waals surface area contributed by atoms with E-state index >= 15 is 0 Å². The van der Waals surface area contributed by atoms with Crippen LogP contribution < -0.4 is 5.43 Å². The maximum atomic E-state index is 14.3. The van der Waals surface area contributed by atoms with E-state index in [0.717, 1.165) is 25.3 Å². The molecule has 1 unspecified atom stereocenters.